The molecule has 1 aromatic heterocycles. The zero-order valence-corrected chi connectivity index (χ0v) is 11.6. The van der Waals surface area contributed by atoms with Crippen molar-refractivity contribution < 1.29 is 0 Å². The molecule has 0 fully saturated rings. The number of aromatic amines is 1. The molecule has 5 heteroatoms. The molecule has 1 aliphatic heterocycles. The number of hydrogen-bond donors (Lipinski definition) is 1. The van der Waals surface area contributed by atoms with Crippen LogP contribution in [0.4, 0.5) is 0 Å². The predicted octanol–water partition coefficient (Wildman–Crippen LogP) is 2.81. The first-order valence-corrected chi connectivity index (χ1v) is 5.69. The number of halogens is 2. The van der Waals surface area contributed by atoms with E-state index in [0.717, 1.165) is 26.1 Å². The summed E-state index contributed by atoms with van der Waals surface area (Å²) in [6.07, 6.45) is 3.06. The van der Waals surface area contributed by atoms with Crippen LogP contribution in [0.1, 0.15) is 16.8 Å². The fraction of sp³-hybridized carbons (Fsp3) is 0.308. The highest BCUT2D eigenvalue weighted by atomic mass is 35.5. The van der Waals surface area contributed by atoms with E-state index in [1.54, 1.807) is 0 Å². The number of fused-ring (bicyclic) bond motifs is 1. The Morgan fingerprint density at radius 3 is 2.72 bits per heavy atom. The Morgan fingerprint density at radius 1 is 1.17 bits per heavy atom. The van der Waals surface area contributed by atoms with E-state index in [-0.39, 0.29) is 24.8 Å². The number of benzene rings is 1. The van der Waals surface area contributed by atoms with Crippen LogP contribution < -0.4 is 0 Å². The third-order valence-electron chi connectivity index (χ3n) is 3.14. The van der Waals surface area contributed by atoms with Gasteiger partial charge in [0.05, 0.1) is 11.9 Å². The number of aromatic nitrogens is 2. The zero-order valence-electron chi connectivity index (χ0n) is 10.0. The lowest BCUT2D eigenvalue weighted by Gasteiger charge is -2.26. The van der Waals surface area contributed by atoms with Gasteiger partial charge < -0.3 is 0 Å². The van der Waals surface area contributed by atoms with Gasteiger partial charge in [0, 0.05) is 19.6 Å². The molecule has 3 rings (SSSR count). The highest BCUT2D eigenvalue weighted by molar-refractivity contribution is 5.85. The smallest absolute Gasteiger partial charge is 0.0524 e. The van der Waals surface area contributed by atoms with E-state index in [2.05, 4.69) is 45.4 Å². The minimum Gasteiger partial charge on any atom is -0.293 e. The Bertz CT molecular complexity index is 470. The molecule has 0 aliphatic carbocycles. The van der Waals surface area contributed by atoms with Gasteiger partial charge in [0.25, 0.3) is 0 Å². The fourth-order valence-corrected chi connectivity index (χ4v) is 2.25. The summed E-state index contributed by atoms with van der Waals surface area (Å²) in [5.74, 6) is 0. The molecule has 1 N–H and O–H groups in total. The largest absolute Gasteiger partial charge is 0.293 e. The number of rotatable bonds is 2. The minimum absolute atomic E-state index is 0. The van der Waals surface area contributed by atoms with Gasteiger partial charge in [0.1, 0.15) is 0 Å². The Balaban J connectivity index is 0.000000810. The fourth-order valence-electron chi connectivity index (χ4n) is 2.25. The third-order valence-corrected chi connectivity index (χ3v) is 3.14. The van der Waals surface area contributed by atoms with Crippen molar-refractivity contribution in [2.24, 2.45) is 0 Å². The summed E-state index contributed by atoms with van der Waals surface area (Å²) in [6.45, 7) is 3.14. The average molecular weight is 286 g/mol. The van der Waals surface area contributed by atoms with Crippen molar-refractivity contribution in [3.05, 3.63) is 53.3 Å². The van der Waals surface area contributed by atoms with Gasteiger partial charge in [-0.1, -0.05) is 30.3 Å². The van der Waals surface area contributed by atoms with Gasteiger partial charge >= 0.3 is 0 Å². The van der Waals surface area contributed by atoms with Gasteiger partial charge in [-0.25, -0.2) is 0 Å². The quantitative estimate of drug-likeness (QED) is 0.920. The van der Waals surface area contributed by atoms with Crippen molar-refractivity contribution in [2.45, 2.75) is 19.5 Å². The van der Waals surface area contributed by atoms with E-state index in [9.17, 15) is 0 Å². The molecule has 0 saturated heterocycles. The van der Waals surface area contributed by atoms with Crippen LogP contribution in [0.2, 0.25) is 0 Å². The first-order chi connectivity index (χ1) is 7.92. The second-order valence-electron chi connectivity index (χ2n) is 4.32. The third kappa shape index (κ3) is 3.25. The lowest BCUT2D eigenvalue weighted by Crippen LogP contribution is -2.29. The summed E-state index contributed by atoms with van der Waals surface area (Å²) >= 11 is 0. The van der Waals surface area contributed by atoms with E-state index < -0.39 is 0 Å². The van der Waals surface area contributed by atoms with Crippen molar-refractivity contribution in [3.8, 4) is 0 Å². The summed E-state index contributed by atoms with van der Waals surface area (Å²) in [4.78, 5) is 2.45. The van der Waals surface area contributed by atoms with E-state index in [1.807, 2.05) is 6.20 Å². The number of nitrogens with zero attached hydrogens (tertiary/aromatic N) is 2. The molecule has 2 aromatic rings. The SMILES string of the molecule is Cl.Cl.c1ccc(CN2CCc3cn[nH]c3C2)cc1. The predicted molar refractivity (Wildman–Crippen MR) is 77.3 cm³/mol. The monoisotopic (exact) mass is 285 g/mol. The van der Waals surface area contributed by atoms with Crippen LogP contribution in [0.25, 0.3) is 0 Å². The van der Waals surface area contributed by atoms with Gasteiger partial charge in [-0.05, 0) is 17.5 Å². The second-order valence-corrected chi connectivity index (χ2v) is 4.32. The van der Waals surface area contributed by atoms with Crippen molar-refractivity contribution in [1.82, 2.24) is 15.1 Å². The molecule has 1 aromatic carbocycles. The molecule has 18 heavy (non-hydrogen) atoms. The Morgan fingerprint density at radius 2 is 1.94 bits per heavy atom. The van der Waals surface area contributed by atoms with Crippen molar-refractivity contribution >= 4 is 24.8 Å². The summed E-state index contributed by atoms with van der Waals surface area (Å²) < 4.78 is 0. The molecule has 0 unspecified atom stereocenters. The Kier molecular flexibility index (Phi) is 5.66. The van der Waals surface area contributed by atoms with E-state index in [4.69, 9.17) is 0 Å². The first kappa shape index (κ1) is 15.0. The summed E-state index contributed by atoms with van der Waals surface area (Å²) in [5.41, 5.74) is 4.04. The van der Waals surface area contributed by atoms with Crippen LogP contribution in [0.5, 0.6) is 0 Å². The van der Waals surface area contributed by atoms with Gasteiger partial charge in [-0.3, -0.25) is 10.00 Å². The zero-order chi connectivity index (χ0) is 10.8. The van der Waals surface area contributed by atoms with Gasteiger partial charge in [-0.15, -0.1) is 24.8 Å². The number of H-pyrrole nitrogens is 1. The molecular formula is C13H17Cl2N3. The summed E-state index contributed by atoms with van der Waals surface area (Å²) in [6, 6.07) is 10.6. The van der Waals surface area contributed by atoms with Crippen LogP contribution in [-0.4, -0.2) is 21.6 Å². The number of hydrogen-bond acceptors (Lipinski definition) is 2. The standard InChI is InChI=1S/C13H15N3.2ClH/c1-2-4-11(5-3-1)9-16-7-6-12-8-14-15-13(12)10-16;;/h1-5,8H,6-7,9-10H2,(H,14,15);2*1H. The van der Waals surface area contributed by atoms with Crippen LogP contribution in [0, 0.1) is 0 Å². The minimum atomic E-state index is 0. The molecule has 0 atom stereocenters. The topological polar surface area (TPSA) is 31.9 Å². The Hall–Kier alpha value is -1.03. The molecule has 0 amide bonds. The molecule has 0 bridgehead atoms. The lowest BCUT2D eigenvalue weighted by molar-refractivity contribution is 0.242. The second kappa shape index (κ2) is 6.78. The van der Waals surface area contributed by atoms with Gasteiger partial charge in [0.2, 0.25) is 0 Å². The lowest BCUT2D eigenvalue weighted by atomic mass is 10.1. The number of nitrogens with one attached hydrogen (secondary N) is 1. The summed E-state index contributed by atoms with van der Waals surface area (Å²) in [7, 11) is 0. The average Bonchev–Trinajstić information content (AvgIpc) is 2.77. The molecule has 0 saturated carbocycles. The van der Waals surface area contributed by atoms with Crippen LogP contribution >= 0.6 is 24.8 Å². The maximum Gasteiger partial charge on any atom is 0.0524 e. The molecule has 0 spiro atoms. The van der Waals surface area contributed by atoms with E-state index >= 15 is 0 Å². The maximum absolute atomic E-state index is 4.09. The molecule has 2 heterocycles. The van der Waals surface area contributed by atoms with E-state index in [1.165, 1.54) is 16.8 Å². The maximum atomic E-state index is 4.09. The highest BCUT2D eigenvalue weighted by Gasteiger charge is 2.17. The Labute approximate surface area is 119 Å². The normalized spacial score (nSPS) is 14.2. The van der Waals surface area contributed by atoms with E-state index in [0.29, 0.717) is 0 Å². The molecule has 1 aliphatic rings. The van der Waals surface area contributed by atoms with Crippen molar-refractivity contribution in [1.29, 1.82) is 0 Å². The first-order valence-electron chi connectivity index (χ1n) is 5.69. The molecule has 3 nitrogen and oxygen atoms in total. The van der Waals surface area contributed by atoms with Crippen molar-refractivity contribution in [3.63, 3.8) is 0 Å². The summed E-state index contributed by atoms with van der Waals surface area (Å²) in [5, 5.41) is 7.18. The van der Waals surface area contributed by atoms with Crippen LogP contribution in [0.3, 0.4) is 0 Å². The van der Waals surface area contributed by atoms with Crippen LogP contribution in [0.15, 0.2) is 36.5 Å². The van der Waals surface area contributed by atoms with Gasteiger partial charge in [-0.2, -0.15) is 5.10 Å². The van der Waals surface area contributed by atoms with Crippen LogP contribution in [-0.2, 0) is 19.5 Å². The molecular weight excluding hydrogens is 269 g/mol. The molecule has 98 valence electrons. The van der Waals surface area contributed by atoms with Crippen molar-refractivity contribution in [2.75, 3.05) is 6.54 Å². The highest BCUT2D eigenvalue weighted by Crippen LogP contribution is 2.17. The molecule has 0 radical (unpaired) electrons. The van der Waals surface area contributed by atoms with Gasteiger partial charge in [0.15, 0.2) is 0 Å².